The van der Waals surface area contributed by atoms with E-state index < -0.39 is 0 Å². The Labute approximate surface area is 125 Å². The fourth-order valence-corrected chi connectivity index (χ4v) is 2.32. The number of nitrogens with two attached hydrogens (primary N) is 1. The second-order valence-electron chi connectivity index (χ2n) is 4.40. The van der Waals surface area contributed by atoms with Crippen molar-refractivity contribution in [3.63, 3.8) is 0 Å². The van der Waals surface area contributed by atoms with Gasteiger partial charge in [0.1, 0.15) is 5.75 Å². The fourth-order valence-electron chi connectivity index (χ4n) is 1.96. The van der Waals surface area contributed by atoms with Crippen molar-refractivity contribution < 1.29 is 4.74 Å². The van der Waals surface area contributed by atoms with Crippen LogP contribution in [-0.4, -0.2) is 37.9 Å². The van der Waals surface area contributed by atoms with Crippen LogP contribution in [0, 0.1) is 6.92 Å². The lowest BCUT2D eigenvalue weighted by atomic mass is 10.1. The van der Waals surface area contributed by atoms with Crippen LogP contribution in [0.1, 0.15) is 5.56 Å². The standard InChI is InChI=1S/C13H14N6OS/c1-7-4-5-8(6-9(7)20-2)10-15-12-17-13(21-3)16-11(14)19(12)18-10/h4-6H,1-3H3,(H2,14,15,16,17,18). The van der Waals surface area contributed by atoms with Crippen LogP contribution in [0.15, 0.2) is 23.4 Å². The van der Waals surface area contributed by atoms with Crippen molar-refractivity contribution in [3.8, 4) is 17.1 Å². The predicted octanol–water partition coefficient (Wildman–Crippen LogP) is 1.81. The summed E-state index contributed by atoms with van der Waals surface area (Å²) in [6.07, 6.45) is 1.88. The molecule has 0 radical (unpaired) electrons. The van der Waals surface area contributed by atoms with Crippen LogP contribution < -0.4 is 10.5 Å². The Kier molecular flexibility index (Phi) is 3.38. The average Bonchev–Trinajstić information content (AvgIpc) is 2.92. The quantitative estimate of drug-likeness (QED) is 0.738. The van der Waals surface area contributed by atoms with Gasteiger partial charge in [0.05, 0.1) is 7.11 Å². The summed E-state index contributed by atoms with van der Waals surface area (Å²) in [4.78, 5) is 12.8. The van der Waals surface area contributed by atoms with Crippen molar-refractivity contribution in [2.75, 3.05) is 19.1 Å². The topological polar surface area (TPSA) is 91.2 Å². The molecule has 2 N–H and O–H groups in total. The number of ether oxygens (including phenoxy) is 1. The number of nitrogen functional groups attached to an aromatic ring is 1. The molecule has 0 fully saturated rings. The number of aromatic nitrogens is 5. The molecule has 0 saturated carbocycles. The number of methoxy groups -OCH3 is 1. The molecule has 0 aliphatic rings. The maximum atomic E-state index is 5.88. The number of aryl methyl sites for hydroxylation is 1. The Morgan fingerprint density at radius 2 is 2.05 bits per heavy atom. The minimum absolute atomic E-state index is 0.266. The summed E-state index contributed by atoms with van der Waals surface area (Å²) in [6, 6.07) is 5.79. The first-order valence-electron chi connectivity index (χ1n) is 6.21. The van der Waals surface area contributed by atoms with Gasteiger partial charge in [-0.25, -0.2) is 0 Å². The smallest absolute Gasteiger partial charge is 0.258 e. The van der Waals surface area contributed by atoms with E-state index in [2.05, 4.69) is 20.1 Å². The fraction of sp³-hybridized carbons (Fsp3) is 0.231. The minimum atomic E-state index is 0.266. The van der Waals surface area contributed by atoms with Gasteiger partial charge < -0.3 is 10.5 Å². The second-order valence-corrected chi connectivity index (χ2v) is 5.17. The number of nitrogens with zero attached hydrogens (tertiary/aromatic N) is 5. The number of hydrogen-bond donors (Lipinski definition) is 1. The van der Waals surface area contributed by atoms with Gasteiger partial charge in [0.2, 0.25) is 5.95 Å². The summed E-state index contributed by atoms with van der Waals surface area (Å²) in [5.41, 5.74) is 7.77. The zero-order valence-electron chi connectivity index (χ0n) is 11.9. The summed E-state index contributed by atoms with van der Waals surface area (Å²) in [7, 11) is 1.64. The molecule has 0 atom stereocenters. The average molecular weight is 302 g/mol. The third kappa shape index (κ3) is 2.38. The van der Waals surface area contributed by atoms with Crippen LogP contribution in [0.3, 0.4) is 0 Å². The Morgan fingerprint density at radius 3 is 2.76 bits per heavy atom. The highest BCUT2D eigenvalue weighted by atomic mass is 32.2. The van der Waals surface area contributed by atoms with Gasteiger partial charge in [-0.2, -0.15) is 19.5 Å². The van der Waals surface area contributed by atoms with E-state index >= 15 is 0 Å². The van der Waals surface area contributed by atoms with Crippen molar-refractivity contribution in [2.24, 2.45) is 0 Å². The maximum absolute atomic E-state index is 5.88. The molecule has 0 spiro atoms. The molecule has 8 heteroatoms. The first-order valence-corrected chi connectivity index (χ1v) is 7.44. The first kappa shape index (κ1) is 13.6. The Morgan fingerprint density at radius 1 is 1.24 bits per heavy atom. The van der Waals surface area contributed by atoms with Gasteiger partial charge in [-0.1, -0.05) is 23.9 Å². The summed E-state index contributed by atoms with van der Waals surface area (Å²) < 4.78 is 6.76. The van der Waals surface area contributed by atoms with Crippen molar-refractivity contribution >= 4 is 23.5 Å². The highest BCUT2D eigenvalue weighted by Crippen LogP contribution is 2.25. The molecular formula is C13H14N6OS. The Bertz CT molecular complexity index is 816. The lowest BCUT2D eigenvalue weighted by Gasteiger charge is -2.05. The molecule has 0 aliphatic heterocycles. The molecule has 3 rings (SSSR count). The highest BCUT2D eigenvalue weighted by molar-refractivity contribution is 7.98. The molecule has 2 heterocycles. The van der Waals surface area contributed by atoms with Crippen molar-refractivity contribution in [1.82, 2.24) is 24.6 Å². The monoisotopic (exact) mass is 302 g/mol. The number of fused-ring (bicyclic) bond motifs is 1. The second kappa shape index (κ2) is 5.21. The molecular weight excluding hydrogens is 288 g/mol. The van der Waals surface area contributed by atoms with Gasteiger partial charge in [0.25, 0.3) is 5.78 Å². The summed E-state index contributed by atoms with van der Waals surface area (Å²) in [5, 5.41) is 4.92. The van der Waals surface area contributed by atoms with Crippen molar-refractivity contribution in [1.29, 1.82) is 0 Å². The molecule has 21 heavy (non-hydrogen) atoms. The Balaban J connectivity index is 2.15. The van der Waals surface area contributed by atoms with Crippen LogP contribution in [0.25, 0.3) is 17.2 Å². The van der Waals surface area contributed by atoms with E-state index in [0.717, 1.165) is 16.9 Å². The molecule has 3 aromatic rings. The van der Waals surface area contributed by atoms with E-state index in [9.17, 15) is 0 Å². The highest BCUT2D eigenvalue weighted by Gasteiger charge is 2.13. The largest absolute Gasteiger partial charge is 0.496 e. The molecule has 108 valence electrons. The summed E-state index contributed by atoms with van der Waals surface area (Å²) in [5.74, 6) is 2.02. The van der Waals surface area contributed by atoms with E-state index in [0.29, 0.717) is 16.8 Å². The molecule has 7 nitrogen and oxygen atoms in total. The third-order valence-electron chi connectivity index (χ3n) is 3.06. The van der Waals surface area contributed by atoms with Gasteiger partial charge in [-0.15, -0.1) is 5.10 Å². The molecule has 0 saturated heterocycles. The molecule has 2 aromatic heterocycles. The first-order chi connectivity index (χ1) is 10.1. The predicted molar refractivity (Wildman–Crippen MR) is 81.5 cm³/mol. The minimum Gasteiger partial charge on any atom is -0.496 e. The summed E-state index contributed by atoms with van der Waals surface area (Å²) >= 11 is 1.41. The van der Waals surface area contributed by atoms with Crippen LogP contribution in [0.4, 0.5) is 5.95 Å². The number of anilines is 1. The van der Waals surface area contributed by atoms with Crippen LogP contribution in [0.5, 0.6) is 5.75 Å². The normalized spacial score (nSPS) is 11.0. The molecule has 1 aromatic carbocycles. The van der Waals surface area contributed by atoms with Crippen LogP contribution >= 0.6 is 11.8 Å². The molecule has 0 amide bonds. The SMILES string of the molecule is COc1cc(-c2nc3nc(SC)nc(N)n3n2)ccc1C. The van der Waals surface area contributed by atoms with E-state index in [4.69, 9.17) is 10.5 Å². The zero-order valence-corrected chi connectivity index (χ0v) is 12.7. The lowest BCUT2D eigenvalue weighted by Crippen LogP contribution is -2.04. The Hall–Kier alpha value is -2.35. The van der Waals surface area contributed by atoms with Gasteiger partial charge in [0, 0.05) is 5.56 Å². The molecule has 0 bridgehead atoms. The van der Waals surface area contributed by atoms with Crippen molar-refractivity contribution in [3.05, 3.63) is 23.8 Å². The molecule has 0 unspecified atom stereocenters. The van der Waals surface area contributed by atoms with E-state index in [1.807, 2.05) is 31.4 Å². The summed E-state index contributed by atoms with van der Waals surface area (Å²) in [6.45, 7) is 1.98. The van der Waals surface area contributed by atoms with Crippen LogP contribution in [0.2, 0.25) is 0 Å². The number of rotatable bonds is 3. The lowest BCUT2D eigenvalue weighted by molar-refractivity contribution is 0.412. The van der Waals surface area contributed by atoms with E-state index in [1.54, 1.807) is 7.11 Å². The van der Waals surface area contributed by atoms with Gasteiger partial charge in [-0.3, -0.25) is 0 Å². The van der Waals surface area contributed by atoms with Gasteiger partial charge in [0.15, 0.2) is 11.0 Å². The van der Waals surface area contributed by atoms with E-state index in [1.165, 1.54) is 16.3 Å². The van der Waals surface area contributed by atoms with E-state index in [-0.39, 0.29) is 5.95 Å². The zero-order chi connectivity index (χ0) is 15.0. The van der Waals surface area contributed by atoms with Gasteiger partial charge >= 0.3 is 0 Å². The maximum Gasteiger partial charge on any atom is 0.258 e. The number of benzene rings is 1. The molecule has 0 aliphatic carbocycles. The third-order valence-corrected chi connectivity index (χ3v) is 3.61. The number of hydrogen-bond acceptors (Lipinski definition) is 7. The van der Waals surface area contributed by atoms with Crippen molar-refractivity contribution in [2.45, 2.75) is 12.1 Å². The number of thioether (sulfide) groups is 1. The van der Waals surface area contributed by atoms with Gasteiger partial charge in [-0.05, 0) is 24.8 Å². The van der Waals surface area contributed by atoms with Crippen LogP contribution in [-0.2, 0) is 0 Å².